The van der Waals surface area contributed by atoms with Gasteiger partial charge in [-0.2, -0.15) is 0 Å². The lowest BCUT2D eigenvalue weighted by Crippen LogP contribution is -2.46. The topological polar surface area (TPSA) is 58.2 Å². The summed E-state index contributed by atoms with van der Waals surface area (Å²) in [6.07, 6.45) is 12.1. The molecule has 0 bridgehead atoms. The quantitative estimate of drug-likeness (QED) is 0.544. The number of carbonyl (C=O) groups is 2. The normalized spacial score (nSPS) is 20.7. The third-order valence-corrected chi connectivity index (χ3v) is 3.32. The zero-order chi connectivity index (χ0) is 13.7. The first kappa shape index (κ1) is 13.8. The predicted molar refractivity (Wildman–Crippen MR) is 74.1 cm³/mol. The maximum Gasteiger partial charge on any atom is 0.245 e. The molecule has 0 spiro atoms. The number of carbonyl (C=O) groups excluding carboxylic acids is 2. The van der Waals surface area contributed by atoms with Crippen LogP contribution in [0.3, 0.4) is 0 Å². The highest BCUT2D eigenvalue weighted by Crippen LogP contribution is 2.30. The first-order valence-corrected chi connectivity index (χ1v) is 7.14. The van der Waals surface area contributed by atoms with E-state index in [4.69, 9.17) is 0 Å². The number of hydrogen-bond donors (Lipinski definition) is 2. The molecule has 0 heterocycles. The molecule has 104 valence electrons. The average Bonchev–Trinajstić information content (AvgIpc) is 3.27. The van der Waals surface area contributed by atoms with Crippen molar-refractivity contribution >= 4 is 11.8 Å². The molecule has 2 N–H and O–H groups in total. The minimum atomic E-state index is -0.298. The van der Waals surface area contributed by atoms with Crippen LogP contribution in [0.15, 0.2) is 24.3 Å². The van der Waals surface area contributed by atoms with Crippen molar-refractivity contribution < 1.29 is 9.59 Å². The van der Waals surface area contributed by atoms with Gasteiger partial charge in [0.15, 0.2) is 0 Å². The van der Waals surface area contributed by atoms with Crippen molar-refractivity contribution in [3.05, 3.63) is 24.3 Å². The van der Waals surface area contributed by atoms with E-state index in [1.54, 1.807) is 12.2 Å². The van der Waals surface area contributed by atoms with Gasteiger partial charge < -0.3 is 10.6 Å². The maximum atomic E-state index is 11.6. The minimum Gasteiger partial charge on any atom is -0.332 e. The van der Waals surface area contributed by atoms with Gasteiger partial charge in [0.25, 0.3) is 0 Å². The van der Waals surface area contributed by atoms with E-state index in [0.717, 1.165) is 0 Å². The summed E-state index contributed by atoms with van der Waals surface area (Å²) in [5, 5.41) is 5.58. The van der Waals surface area contributed by atoms with Crippen LogP contribution < -0.4 is 10.6 Å². The molecule has 4 nitrogen and oxygen atoms in total. The monoisotopic (exact) mass is 262 g/mol. The minimum absolute atomic E-state index is 0.134. The standard InChI is InChI=1S/C15H22N2O2/c1-2-13(16-14(18)9-7-11-3-4-11)17-15(19)10-8-12-5-6-12/h7-13H,2-6H2,1H3,(H,16,18)(H,17,19). The summed E-state index contributed by atoms with van der Waals surface area (Å²) in [6.45, 7) is 1.93. The van der Waals surface area contributed by atoms with Crippen LogP contribution in [0.5, 0.6) is 0 Å². The van der Waals surface area contributed by atoms with Crippen LogP contribution in [0.25, 0.3) is 0 Å². The van der Waals surface area contributed by atoms with Crippen LogP contribution in [-0.4, -0.2) is 18.0 Å². The number of rotatable bonds is 7. The van der Waals surface area contributed by atoms with Crippen LogP contribution in [-0.2, 0) is 9.59 Å². The van der Waals surface area contributed by atoms with Crippen molar-refractivity contribution in [1.82, 2.24) is 10.6 Å². The second-order valence-corrected chi connectivity index (χ2v) is 5.37. The van der Waals surface area contributed by atoms with Crippen molar-refractivity contribution in [3.8, 4) is 0 Å². The third kappa shape index (κ3) is 5.73. The average molecular weight is 262 g/mol. The molecule has 4 heteroatoms. The van der Waals surface area contributed by atoms with Gasteiger partial charge in [0.2, 0.25) is 11.8 Å². The van der Waals surface area contributed by atoms with Crippen molar-refractivity contribution in [3.63, 3.8) is 0 Å². The largest absolute Gasteiger partial charge is 0.332 e. The summed E-state index contributed by atoms with van der Waals surface area (Å²) in [6, 6.07) is 0. The lowest BCUT2D eigenvalue weighted by Gasteiger charge is -2.16. The molecule has 0 aliphatic heterocycles. The van der Waals surface area contributed by atoms with E-state index in [-0.39, 0.29) is 18.0 Å². The molecule has 0 saturated heterocycles. The summed E-state index contributed by atoms with van der Waals surface area (Å²) >= 11 is 0. The Morgan fingerprint density at radius 3 is 1.74 bits per heavy atom. The van der Waals surface area contributed by atoms with Gasteiger partial charge in [-0.1, -0.05) is 19.1 Å². The van der Waals surface area contributed by atoms with E-state index < -0.39 is 0 Å². The number of nitrogens with one attached hydrogen (secondary N) is 2. The van der Waals surface area contributed by atoms with Crippen LogP contribution in [0.2, 0.25) is 0 Å². The van der Waals surface area contributed by atoms with E-state index >= 15 is 0 Å². The Hall–Kier alpha value is -1.58. The Morgan fingerprint density at radius 1 is 1.00 bits per heavy atom. The summed E-state index contributed by atoms with van der Waals surface area (Å²) in [5.41, 5.74) is 0. The molecule has 0 aromatic heterocycles. The second kappa shape index (κ2) is 6.55. The van der Waals surface area contributed by atoms with Gasteiger partial charge in [0, 0.05) is 0 Å². The summed E-state index contributed by atoms with van der Waals surface area (Å²) in [5.74, 6) is 0.902. The maximum absolute atomic E-state index is 11.6. The second-order valence-electron chi connectivity index (χ2n) is 5.37. The van der Waals surface area contributed by atoms with E-state index in [0.29, 0.717) is 18.3 Å². The molecule has 0 aromatic carbocycles. The molecular weight excluding hydrogens is 240 g/mol. The van der Waals surface area contributed by atoms with Crippen molar-refractivity contribution in [2.75, 3.05) is 0 Å². The highest BCUT2D eigenvalue weighted by atomic mass is 16.2. The molecular formula is C15H22N2O2. The molecule has 0 aromatic rings. The number of amides is 2. The molecule has 2 saturated carbocycles. The van der Waals surface area contributed by atoms with Gasteiger partial charge in [-0.3, -0.25) is 9.59 Å². The first-order chi connectivity index (χ1) is 9.17. The van der Waals surface area contributed by atoms with Crippen LogP contribution in [0, 0.1) is 11.8 Å². The fourth-order valence-electron chi connectivity index (χ4n) is 1.70. The Labute approximate surface area is 114 Å². The van der Waals surface area contributed by atoms with Gasteiger partial charge in [-0.05, 0) is 56.1 Å². The smallest absolute Gasteiger partial charge is 0.245 e. The summed E-state index contributed by atoms with van der Waals surface area (Å²) in [7, 11) is 0. The van der Waals surface area contributed by atoms with Gasteiger partial charge in [0.1, 0.15) is 6.17 Å². The summed E-state index contributed by atoms with van der Waals surface area (Å²) < 4.78 is 0. The van der Waals surface area contributed by atoms with Gasteiger partial charge in [-0.25, -0.2) is 0 Å². The van der Waals surface area contributed by atoms with E-state index in [1.807, 2.05) is 19.1 Å². The number of hydrogen-bond acceptors (Lipinski definition) is 2. The molecule has 2 aliphatic carbocycles. The Bertz CT molecular complexity index is 357. The first-order valence-electron chi connectivity index (χ1n) is 7.14. The fourth-order valence-corrected chi connectivity index (χ4v) is 1.70. The van der Waals surface area contributed by atoms with Gasteiger partial charge >= 0.3 is 0 Å². The Kier molecular flexibility index (Phi) is 4.77. The lowest BCUT2D eigenvalue weighted by atomic mass is 10.3. The molecule has 0 radical (unpaired) electrons. The molecule has 2 aliphatic rings. The molecule has 0 atom stereocenters. The van der Waals surface area contributed by atoms with E-state index in [2.05, 4.69) is 10.6 Å². The molecule has 0 unspecified atom stereocenters. The van der Waals surface area contributed by atoms with Crippen molar-refractivity contribution in [2.45, 2.75) is 45.2 Å². The summed E-state index contributed by atoms with van der Waals surface area (Å²) in [4.78, 5) is 23.3. The SMILES string of the molecule is CCC(NC(=O)C=CC1CC1)NC(=O)C=CC1CC1. The van der Waals surface area contributed by atoms with Gasteiger partial charge in [-0.15, -0.1) is 0 Å². The molecule has 2 amide bonds. The van der Waals surface area contributed by atoms with Crippen LogP contribution >= 0.6 is 0 Å². The zero-order valence-corrected chi connectivity index (χ0v) is 11.4. The molecule has 2 rings (SSSR count). The van der Waals surface area contributed by atoms with E-state index in [9.17, 15) is 9.59 Å². The zero-order valence-electron chi connectivity index (χ0n) is 11.4. The Morgan fingerprint density at radius 2 is 1.42 bits per heavy atom. The Balaban J connectivity index is 1.71. The predicted octanol–water partition coefficient (Wildman–Crippen LogP) is 1.89. The van der Waals surface area contributed by atoms with Crippen molar-refractivity contribution in [1.29, 1.82) is 0 Å². The van der Waals surface area contributed by atoms with Crippen LogP contribution in [0.4, 0.5) is 0 Å². The lowest BCUT2D eigenvalue weighted by molar-refractivity contribution is -0.119. The number of allylic oxidation sites excluding steroid dienone is 2. The fraction of sp³-hybridized carbons (Fsp3) is 0.600. The molecule has 19 heavy (non-hydrogen) atoms. The third-order valence-electron chi connectivity index (χ3n) is 3.32. The highest BCUT2D eigenvalue weighted by molar-refractivity contribution is 5.90. The highest BCUT2D eigenvalue weighted by Gasteiger charge is 2.19. The van der Waals surface area contributed by atoms with Crippen LogP contribution in [0.1, 0.15) is 39.0 Å². The van der Waals surface area contributed by atoms with Gasteiger partial charge in [0.05, 0.1) is 0 Å². The van der Waals surface area contributed by atoms with E-state index in [1.165, 1.54) is 25.7 Å². The van der Waals surface area contributed by atoms with Crippen molar-refractivity contribution in [2.24, 2.45) is 11.8 Å². The molecule has 2 fully saturated rings.